The smallest absolute Gasteiger partial charge is 0.223 e. The van der Waals surface area contributed by atoms with Crippen LogP contribution in [0.4, 0.5) is 0 Å². The lowest BCUT2D eigenvalue weighted by Gasteiger charge is -2.32. The molecule has 1 aliphatic rings. The van der Waals surface area contributed by atoms with E-state index in [1.807, 2.05) is 18.7 Å². The van der Waals surface area contributed by atoms with Gasteiger partial charge in [0.15, 0.2) is 0 Å². The molecule has 1 heterocycles. The Kier molecular flexibility index (Phi) is 4.93. The second kappa shape index (κ2) is 5.99. The molecular formula is C12H22N2O2. The summed E-state index contributed by atoms with van der Waals surface area (Å²) < 4.78 is 0. The molecule has 1 fully saturated rings. The fourth-order valence-corrected chi connectivity index (χ4v) is 1.91. The molecule has 0 radical (unpaired) electrons. The second-order valence-corrected chi connectivity index (χ2v) is 4.61. The number of hydrogen-bond acceptors (Lipinski definition) is 3. The van der Waals surface area contributed by atoms with Gasteiger partial charge in [-0.25, -0.2) is 0 Å². The number of hydrogen-bond donors (Lipinski definition) is 0. The molecule has 0 aliphatic carbocycles. The van der Waals surface area contributed by atoms with Crippen molar-refractivity contribution in [3.05, 3.63) is 0 Å². The van der Waals surface area contributed by atoms with Gasteiger partial charge in [0.1, 0.15) is 5.78 Å². The minimum absolute atomic E-state index is 0.127. The number of ketones is 1. The molecule has 4 nitrogen and oxygen atoms in total. The lowest BCUT2D eigenvalue weighted by atomic mass is 10.00. The third kappa shape index (κ3) is 3.59. The molecule has 1 atom stereocenters. The molecule has 1 unspecified atom stereocenters. The van der Waals surface area contributed by atoms with E-state index in [0.29, 0.717) is 12.8 Å². The van der Waals surface area contributed by atoms with Crippen molar-refractivity contribution in [1.29, 1.82) is 0 Å². The largest absolute Gasteiger partial charge is 0.340 e. The summed E-state index contributed by atoms with van der Waals surface area (Å²) in [6.45, 7) is 7.15. The summed E-state index contributed by atoms with van der Waals surface area (Å²) in [4.78, 5) is 27.4. The van der Waals surface area contributed by atoms with Crippen LogP contribution in [-0.4, -0.2) is 54.7 Å². The Bertz CT molecular complexity index is 258. The lowest BCUT2D eigenvalue weighted by molar-refractivity contribution is -0.136. The summed E-state index contributed by atoms with van der Waals surface area (Å²) in [6, 6.07) is 0. The Morgan fingerprint density at radius 3 is 2.25 bits per heavy atom. The molecule has 1 saturated heterocycles. The number of piperazine rings is 1. The summed E-state index contributed by atoms with van der Waals surface area (Å²) >= 11 is 0. The Morgan fingerprint density at radius 2 is 1.75 bits per heavy atom. The van der Waals surface area contributed by atoms with E-state index in [4.69, 9.17) is 0 Å². The van der Waals surface area contributed by atoms with Crippen molar-refractivity contribution >= 4 is 11.7 Å². The second-order valence-electron chi connectivity index (χ2n) is 4.61. The van der Waals surface area contributed by atoms with Gasteiger partial charge in [0, 0.05) is 44.9 Å². The minimum atomic E-state index is -0.128. The summed E-state index contributed by atoms with van der Waals surface area (Å²) in [5.74, 6) is 0.182. The van der Waals surface area contributed by atoms with Gasteiger partial charge in [0.25, 0.3) is 0 Å². The molecule has 0 spiro atoms. The first-order valence-electron chi connectivity index (χ1n) is 6.03. The standard InChI is InChI=1S/C12H22N2O2/c1-4-11(15)10(2)9-12(16)14-7-5-13(3)6-8-14/h10H,4-9H2,1-3H3. The summed E-state index contributed by atoms with van der Waals surface area (Å²) in [5.41, 5.74) is 0. The van der Waals surface area contributed by atoms with Crippen molar-refractivity contribution in [2.75, 3.05) is 33.2 Å². The number of carbonyl (C=O) groups is 2. The third-order valence-electron chi connectivity index (χ3n) is 3.23. The monoisotopic (exact) mass is 226 g/mol. The van der Waals surface area contributed by atoms with E-state index in [-0.39, 0.29) is 17.6 Å². The van der Waals surface area contributed by atoms with Crippen LogP contribution in [0.3, 0.4) is 0 Å². The molecule has 4 heteroatoms. The van der Waals surface area contributed by atoms with Crippen LogP contribution in [0.15, 0.2) is 0 Å². The highest BCUT2D eigenvalue weighted by Crippen LogP contribution is 2.10. The molecule has 0 saturated carbocycles. The molecule has 0 aromatic carbocycles. The fourth-order valence-electron chi connectivity index (χ4n) is 1.91. The fraction of sp³-hybridized carbons (Fsp3) is 0.833. The van der Waals surface area contributed by atoms with E-state index in [1.54, 1.807) is 0 Å². The third-order valence-corrected chi connectivity index (χ3v) is 3.23. The van der Waals surface area contributed by atoms with Gasteiger partial charge in [-0.2, -0.15) is 0 Å². The van der Waals surface area contributed by atoms with Crippen molar-refractivity contribution in [2.45, 2.75) is 26.7 Å². The maximum Gasteiger partial charge on any atom is 0.223 e. The highest BCUT2D eigenvalue weighted by atomic mass is 16.2. The van der Waals surface area contributed by atoms with E-state index >= 15 is 0 Å². The Labute approximate surface area is 97.6 Å². The van der Waals surface area contributed by atoms with Gasteiger partial charge in [0.05, 0.1) is 0 Å². The van der Waals surface area contributed by atoms with Gasteiger partial charge >= 0.3 is 0 Å². The Balaban J connectivity index is 2.37. The molecule has 1 aliphatic heterocycles. The Hall–Kier alpha value is -0.900. The van der Waals surface area contributed by atoms with Gasteiger partial charge in [-0.05, 0) is 7.05 Å². The van der Waals surface area contributed by atoms with E-state index < -0.39 is 0 Å². The zero-order valence-electron chi connectivity index (χ0n) is 10.5. The van der Waals surface area contributed by atoms with Gasteiger partial charge < -0.3 is 9.80 Å². The number of amides is 1. The van der Waals surface area contributed by atoms with Crippen molar-refractivity contribution in [2.24, 2.45) is 5.92 Å². The molecule has 0 aromatic heterocycles. The number of Topliss-reactive ketones (excluding diaryl/α,β-unsaturated/α-hetero) is 1. The quantitative estimate of drug-likeness (QED) is 0.711. The van der Waals surface area contributed by atoms with Gasteiger partial charge in [0.2, 0.25) is 5.91 Å². The molecule has 0 aromatic rings. The van der Waals surface area contributed by atoms with E-state index in [1.165, 1.54) is 0 Å². The predicted octanol–water partition coefficient (Wildman–Crippen LogP) is 0.766. The first kappa shape index (κ1) is 13.2. The SMILES string of the molecule is CCC(=O)C(C)CC(=O)N1CCN(C)CC1. The number of carbonyl (C=O) groups excluding carboxylic acids is 2. The first-order chi connectivity index (χ1) is 7.54. The van der Waals surface area contributed by atoms with E-state index in [2.05, 4.69) is 11.9 Å². The molecule has 92 valence electrons. The van der Waals surface area contributed by atoms with Crippen LogP contribution in [0.1, 0.15) is 26.7 Å². The van der Waals surface area contributed by atoms with Crippen LogP contribution in [-0.2, 0) is 9.59 Å². The number of rotatable bonds is 4. The highest BCUT2D eigenvalue weighted by molar-refractivity contribution is 5.86. The van der Waals surface area contributed by atoms with E-state index in [9.17, 15) is 9.59 Å². The Morgan fingerprint density at radius 1 is 1.19 bits per heavy atom. The summed E-state index contributed by atoms with van der Waals surface area (Å²) in [7, 11) is 2.06. The van der Waals surface area contributed by atoms with Gasteiger partial charge in [-0.1, -0.05) is 13.8 Å². The van der Waals surface area contributed by atoms with E-state index in [0.717, 1.165) is 26.2 Å². The molecule has 1 amide bonds. The number of nitrogens with zero attached hydrogens (tertiary/aromatic N) is 2. The lowest BCUT2D eigenvalue weighted by Crippen LogP contribution is -2.47. The van der Waals surface area contributed by atoms with Crippen LogP contribution < -0.4 is 0 Å². The topological polar surface area (TPSA) is 40.6 Å². The van der Waals surface area contributed by atoms with Gasteiger partial charge in [-0.3, -0.25) is 9.59 Å². The summed E-state index contributed by atoms with van der Waals surface area (Å²) in [6.07, 6.45) is 0.896. The van der Waals surface area contributed by atoms with Crippen LogP contribution >= 0.6 is 0 Å². The first-order valence-corrected chi connectivity index (χ1v) is 6.03. The summed E-state index contributed by atoms with van der Waals surface area (Å²) in [5, 5.41) is 0. The van der Waals surface area contributed by atoms with Gasteiger partial charge in [-0.15, -0.1) is 0 Å². The zero-order valence-corrected chi connectivity index (χ0v) is 10.5. The van der Waals surface area contributed by atoms with Crippen LogP contribution in [0, 0.1) is 5.92 Å². The van der Waals surface area contributed by atoms with Crippen molar-refractivity contribution < 1.29 is 9.59 Å². The normalized spacial score (nSPS) is 19.6. The van der Waals surface area contributed by atoms with Crippen LogP contribution in [0.2, 0.25) is 0 Å². The van der Waals surface area contributed by atoms with Crippen molar-refractivity contribution in [1.82, 2.24) is 9.80 Å². The molecular weight excluding hydrogens is 204 g/mol. The van der Waals surface area contributed by atoms with Crippen LogP contribution in [0.5, 0.6) is 0 Å². The molecule has 0 N–H and O–H groups in total. The average molecular weight is 226 g/mol. The van der Waals surface area contributed by atoms with Crippen molar-refractivity contribution in [3.63, 3.8) is 0 Å². The van der Waals surface area contributed by atoms with Crippen molar-refractivity contribution in [3.8, 4) is 0 Å². The zero-order chi connectivity index (χ0) is 12.1. The average Bonchev–Trinajstić information content (AvgIpc) is 2.28. The maximum atomic E-state index is 11.9. The minimum Gasteiger partial charge on any atom is -0.340 e. The molecule has 16 heavy (non-hydrogen) atoms. The predicted molar refractivity (Wildman–Crippen MR) is 63.2 cm³/mol. The highest BCUT2D eigenvalue weighted by Gasteiger charge is 2.22. The van der Waals surface area contributed by atoms with Crippen LogP contribution in [0.25, 0.3) is 0 Å². The maximum absolute atomic E-state index is 11.9. The number of likely N-dealkylation sites (N-methyl/N-ethyl adjacent to an activating group) is 1. The molecule has 1 rings (SSSR count). The molecule has 0 bridgehead atoms.